The van der Waals surface area contributed by atoms with Gasteiger partial charge in [0.2, 0.25) is 5.71 Å². The third-order valence-corrected chi connectivity index (χ3v) is 2.25. The molecule has 0 aliphatic heterocycles. The molecule has 0 fully saturated rings. The van der Waals surface area contributed by atoms with Gasteiger partial charge in [0.05, 0.1) is 18.4 Å². The standard InChI is InChI=1S/C12H9N5O/c1-8-11(18-2)4-3-9(5-13)12(8)17-16-10(6-14)7-15/h3-4,17H,1-2H3. The van der Waals surface area contributed by atoms with Crippen molar-refractivity contribution in [3.8, 4) is 24.0 Å². The number of hydrogen-bond acceptors (Lipinski definition) is 6. The van der Waals surface area contributed by atoms with Crippen molar-refractivity contribution >= 4 is 11.4 Å². The molecule has 18 heavy (non-hydrogen) atoms. The zero-order valence-electron chi connectivity index (χ0n) is 9.85. The normalized spacial score (nSPS) is 8.39. The van der Waals surface area contributed by atoms with E-state index < -0.39 is 0 Å². The van der Waals surface area contributed by atoms with E-state index >= 15 is 0 Å². The molecular formula is C12H9N5O. The SMILES string of the molecule is COc1ccc(C#N)c(NN=C(C#N)C#N)c1C. The molecule has 0 radical (unpaired) electrons. The van der Waals surface area contributed by atoms with Crippen molar-refractivity contribution in [3.63, 3.8) is 0 Å². The summed E-state index contributed by atoms with van der Waals surface area (Å²) >= 11 is 0. The van der Waals surface area contributed by atoms with Crippen LogP contribution in [0.4, 0.5) is 5.69 Å². The Balaban J connectivity index is 3.24. The van der Waals surface area contributed by atoms with E-state index in [4.69, 9.17) is 20.5 Å². The predicted molar refractivity (Wildman–Crippen MR) is 64.7 cm³/mol. The summed E-state index contributed by atoms with van der Waals surface area (Å²) in [6, 6.07) is 8.47. The van der Waals surface area contributed by atoms with Gasteiger partial charge in [-0.1, -0.05) is 0 Å². The number of rotatable bonds is 3. The molecule has 1 aromatic rings. The molecule has 1 rings (SSSR count). The van der Waals surface area contributed by atoms with Gasteiger partial charge in [-0.25, -0.2) is 0 Å². The van der Waals surface area contributed by atoms with Gasteiger partial charge in [0.1, 0.15) is 24.0 Å². The zero-order chi connectivity index (χ0) is 13.5. The van der Waals surface area contributed by atoms with Crippen molar-refractivity contribution in [2.24, 2.45) is 5.10 Å². The molecule has 0 saturated heterocycles. The molecule has 88 valence electrons. The van der Waals surface area contributed by atoms with E-state index in [9.17, 15) is 0 Å². The molecular weight excluding hydrogens is 230 g/mol. The summed E-state index contributed by atoms with van der Waals surface area (Å²) in [4.78, 5) is 0. The summed E-state index contributed by atoms with van der Waals surface area (Å²) in [5.41, 5.74) is 3.68. The zero-order valence-corrected chi connectivity index (χ0v) is 9.85. The topological polar surface area (TPSA) is 105 Å². The second-order valence-electron chi connectivity index (χ2n) is 3.22. The summed E-state index contributed by atoms with van der Waals surface area (Å²) in [6.07, 6.45) is 0. The molecule has 6 heteroatoms. The maximum atomic E-state index is 8.98. The third kappa shape index (κ3) is 2.55. The Hall–Kier alpha value is -3.04. The van der Waals surface area contributed by atoms with Gasteiger partial charge >= 0.3 is 0 Å². The van der Waals surface area contributed by atoms with Crippen molar-refractivity contribution in [1.82, 2.24) is 0 Å². The molecule has 0 aliphatic carbocycles. The van der Waals surface area contributed by atoms with Gasteiger partial charge in [-0.3, -0.25) is 5.43 Å². The monoisotopic (exact) mass is 239 g/mol. The Bertz CT molecular complexity index is 597. The number of ether oxygens (including phenoxy) is 1. The van der Waals surface area contributed by atoms with Crippen LogP contribution in [0.25, 0.3) is 0 Å². The van der Waals surface area contributed by atoms with E-state index in [0.717, 1.165) is 0 Å². The number of hydrazone groups is 1. The summed E-state index contributed by atoms with van der Waals surface area (Å²) in [5.74, 6) is 0.585. The minimum atomic E-state index is -0.318. The van der Waals surface area contributed by atoms with Gasteiger partial charge in [0, 0.05) is 5.56 Å². The molecule has 0 amide bonds. The van der Waals surface area contributed by atoms with Gasteiger partial charge < -0.3 is 4.74 Å². The van der Waals surface area contributed by atoms with Crippen LogP contribution in [0.1, 0.15) is 11.1 Å². The number of methoxy groups -OCH3 is 1. The number of hydrogen-bond donors (Lipinski definition) is 1. The Labute approximate surface area is 104 Å². The van der Waals surface area contributed by atoms with Gasteiger partial charge in [-0.05, 0) is 19.1 Å². The molecule has 0 unspecified atom stereocenters. The van der Waals surface area contributed by atoms with Crippen molar-refractivity contribution in [2.75, 3.05) is 12.5 Å². The number of nitrogens with one attached hydrogen (secondary N) is 1. The summed E-state index contributed by atoms with van der Waals surface area (Å²) in [6.45, 7) is 1.75. The quantitative estimate of drug-likeness (QED) is 0.638. The van der Waals surface area contributed by atoms with Crippen LogP contribution in [0.15, 0.2) is 17.2 Å². The van der Waals surface area contributed by atoms with Crippen LogP contribution in [0.5, 0.6) is 5.75 Å². The van der Waals surface area contributed by atoms with Crippen LogP contribution in [-0.2, 0) is 0 Å². The van der Waals surface area contributed by atoms with Crippen LogP contribution in [-0.4, -0.2) is 12.8 Å². The predicted octanol–water partition coefficient (Wildman–Crippen LogP) is 1.69. The third-order valence-electron chi connectivity index (χ3n) is 2.25. The first-order chi connectivity index (χ1) is 8.67. The lowest BCUT2D eigenvalue weighted by Gasteiger charge is -2.11. The fourth-order valence-electron chi connectivity index (χ4n) is 1.34. The number of benzene rings is 1. The first-order valence-corrected chi connectivity index (χ1v) is 4.89. The molecule has 0 atom stereocenters. The molecule has 1 aromatic carbocycles. The smallest absolute Gasteiger partial charge is 0.237 e. The second kappa shape index (κ2) is 5.89. The van der Waals surface area contributed by atoms with Gasteiger partial charge in [0.25, 0.3) is 0 Å². The van der Waals surface area contributed by atoms with Crippen molar-refractivity contribution < 1.29 is 4.74 Å². The van der Waals surface area contributed by atoms with Crippen LogP contribution < -0.4 is 10.2 Å². The maximum absolute atomic E-state index is 8.98. The highest BCUT2D eigenvalue weighted by molar-refractivity contribution is 6.10. The average molecular weight is 239 g/mol. The summed E-state index contributed by atoms with van der Waals surface area (Å²) in [5, 5.41) is 29.7. The molecule has 0 spiro atoms. The number of anilines is 1. The highest BCUT2D eigenvalue weighted by atomic mass is 16.5. The Morgan fingerprint density at radius 3 is 2.44 bits per heavy atom. The highest BCUT2D eigenvalue weighted by Gasteiger charge is 2.10. The van der Waals surface area contributed by atoms with E-state index in [2.05, 4.69) is 10.5 Å². The van der Waals surface area contributed by atoms with Gasteiger partial charge in [-0.2, -0.15) is 20.9 Å². The van der Waals surface area contributed by atoms with E-state index in [1.807, 2.05) is 6.07 Å². The number of nitriles is 3. The van der Waals surface area contributed by atoms with Crippen LogP contribution in [0, 0.1) is 40.9 Å². The van der Waals surface area contributed by atoms with Crippen LogP contribution in [0.3, 0.4) is 0 Å². The Kier molecular flexibility index (Phi) is 4.26. The lowest BCUT2D eigenvalue weighted by molar-refractivity contribution is 0.412. The molecule has 1 N–H and O–H groups in total. The highest BCUT2D eigenvalue weighted by Crippen LogP contribution is 2.28. The van der Waals surface area contributed by atoms with Crippen molar-refractivity contribution in [1.29, 1.82) is 15.8 Å². The van der Waals surface area contributed by atoms with Crippen LogP contribution >= 0.6 is 0 Å². The Morgan fingerprint density at radius 1 is 1.28 bits per heavy atom. The summed E-state index contributed by atoms with van der Waals surface area (Å²) in [7, 11) is 1.51. The minimum Gasteiger partial charge on any atom is -0.496 e. The maximum Gasteiger partial charge on any atom is 0.237 e. The first-order valence-electron chi connectivity index (χ1n) is 4.89. The molecule has 0 heterocycles. The van der Waals surface area contributed by atoms with Crippen molar-refractivity contribution in [3.05, 3.63) is 23.3 Å². The lowest BCUT2D eigenvalue weighted by Crippen LogP contribution is -2.01. The fourth-order valence-corrected chi connectivity index (χ4v) is 1.34. The molecule has 0 aromatic heterocycles. The minimum absolute atomic E-state index is 0.318. The fraction of sp³-hybridized carbons (Fsp3) is 0.167. The Morgan fingerprint density at radius 2 is 1.94 bits per heavy atom. The van der Waals surface area contributed by atoms with E-state index in [0.29, 0.717) is 22.6 Å². The van der Waals surface area contributed by atoms with E-state index in [-0.39, 0.29) is 5.71 Å². The molecule has 0 saturated carbocycles. The largest absolute Gasteiger partial charge is 0.496 e. The van der Waals surface area contributed by atoms with Gasteiger partial charge in [-0.15, -0.1) is 0 Å². The number of nitrogens with zero attached hydrogens (tertiary/aromatic N) is 4. The van der Waals surface area contributed by atoms with E-state index in [1.165, 1.54) is 7.11 Å². The van der Waals surface area contributed by atoms with Crippen LogP contribution in [0.2, 0.25) is 0 Å². The summed E-state index contributed by atoms with van der Waals surface area (Å²) < 4.78 is 5.12. The molecule has 0 aliphatic rings. The first kappa shape index (κ1) is 13.0. The van der Waals surface area contributed by atoms with Crippen molar-refractivity contribution in [2.45, 2.75) is 6.92 Å². The molecule has 6 nitrogen and oxygen atoms in total. The lowest BCUT2D eigenvalue weighted by atomic mass is 10.1. The van der Waals surface area contributed by atoms with Gasteiger partial charge in [0.15, 0.2) is 0 Å². The second-order valence-corrected chi connectivity index (χ2v) is 3.22. The average Bonchev–Trinajstić information content (AvgIpc) is 2.41. The van der Waals surface area contributed by atoms with E-state index in [1.54, 1.807) is 31.2 Å². The molecule has 0 bridgehead atoms.